The highest BCUT2D eigenvalue weighted by atomic mass is 16.1. The zero-order valence-electron chi connectivity index (χ0n) is 11.6. The van der Waals surface area contributed by atoms with Crippen LogP contribution in [0.15, 0.2) is 24.3 Å². The third-order valence-electron chi connectivity index (χ3n) is 2.89. The van der Waals surface area contributed by atoms with Crippen molar-refractivity contribution in [2.75, 3.05) is 13.1 Å². The fraction of sp³-hybridized carbons (Fsp3) is 0.467. The lowest BCUT2D eigenvalue weighted by Gasteiger charge is -2.14. The number of nitrogens with zero attached hydrogens (tertiary/aromatic N) is 1. The summed E-state index contributed by atoms with van der Waals surface area (Å²) < 4.78 is 0. The van der Waals surface area contributed by atoms with Gasteiger partial charge in [0.05, 0.1) is 11.6 Å². The second kappa shape index (κ2) is 8.28. The highest BCUT2D eigenvalue weighted by Gasteiger charge is 2.06. The first-order valence-corrected chi connectivity index (χ1v) is 6.67. The van der Waals surface area contributed by atoms with Crippen LogP contribution in [0.1, 0.15) is 43.9 Å². The molecule has 0 aliphatic rings. The quantitative estimate of drug-likeness (QED) is 0.788. The van der Waals surface area contributed by atoms with E-state index in [1.165, 1.54) is 0 Å². The predicted molar refractivity (Wildman–Crippen MR) is 75.5 cm³/mol. The molecule has 0 saturated carbocycles. The molecule has 0 fully saturated rings. The second-order valence-electron chi connectivity index (χ2n) is 4.51. The lowest BCUT2D eigenvalue weighted by atomic mass is 10.1. The molecule has 0 aliphatic carbocycles. The topological polar surface area (TPSA) is 64.9 Å². The maximum absolute atomic E-state index is 11.4. The summed E-state index contributed by atoms with van der Waals surface area (Å²) in [5.74, 6) is 0.0762. The number of benzene rings is 1. The van der Waals surface area contributed by atoms with Gasteiger partial charge in [-0.1, -0.05) is 19.1 Å². The van der Waals surface area contributed by atoms with Gasteiger partial charge in [-0.2, -0.15) is 5.26 Å². The van der Waals surface area contributed by atoms with E-state index < -0.39 is 0 Å². The molecule has 1 aromatic carbocycles. The van der Waals surface area contributed by atoms with Gasteiger partial charge < -0.3 is 10.6 Å². The summed E-state index contributed by atoms with van der Waals surface area (Å²) in [5, 5.41) is 15.0. The Balaban J connectivity index is 2.36. The monoisotopic (exact) mass is 259 g/mol. The number of rotatable bonds is 7. The Morgan fingerprint density at radius 2 is 2.21 bits per heavy atom. The van der Waals surface area contributed by atoms with Gasteiger partial charge in [0, 0.05) is 25.6 Å². The summed E-state index contributed by atoms with van der Waals surface area (Å²) in [7, 11) is 0. The smallest absolute Gasteiger partial charge is 0.221 e. The van der Waals surface area contributed by atoms with E-state index in [1.807, 2.05) is 32.0 Å². The maximum Gasteiger partial charge on any atom is 0.221 e. The van der Waals surface area contributed by atoms with Gasteiger partial charge in [-0.3, -0.25) is 4.79 Å². The summed E-state index contributed by atoms with van der Waals surface area (Å²) in [6.45, 7) is 5.43. The summed E-state index contributed by atoms with van der Waals surface area (Å²) in [6, 6.07) is 9.77. The van der Waals surface area contributed by atoms with Crippen molar-refractivity contribution in [3.05, 3.63) is 35.4 Å². The molecule has 1 rings (SSSR count). The number of nitriles is 1. The zero-order valence-corrected chi connectivity index (χ0v) is 11.6. The van der Waals surface area contributed by atoms with Crippen molar-refractivity contribution in [2.45, 2.75) is 32.7 Å². The van der Waals surface area contributed by atoms with E-state index in [1.54, 1.807) is 6.07 Å². The Kier molecular flexibility index (Phi) is 6.62. The first kappa shape index (κ1) is 15.2. The molecular weight excluding hydrogens is 238 g/mol. The molecule has 1 atom stereocenters. The van der Waals surface area contributed by atoms with E-state index in [0.29, 0.717) is 18.5 Å². The standard InChI is InChI=1S/C15H21N3O/c1-3-8-18-15(19)7-9-17-12(2)14-6-4-5-13(10-14)11-16/h4-6,10,12,17H,3,7-9H2,1-2H3,(H,18,19). The van der Waals surface area contributed by atoms with Crippen molar-refractivity contribution >= 4 is 5.91 Å². The minimum absolute atomic E-state index is 0.0762. The molecule has 1 aromatic rings. The van der Waals surface area contributed by atoms with Gasteiger partial charge in [0.15, 0.2) is 0 Å². The van der Waals surface area contributed by atoms with Gasteiger partial charge in [0.2, 0.25) is 5.91 Å². The van der Waals surface area contributed by atoms with Crippen molar-refractivity contribution in [2.24, 2.45) is 0 Å². The molecule has 1 amide bonds. The van der Waals surface area contributed by atoms with E-state index in [-0.39, 0.29) is 11.9 Å². The zero-order chi connectivity index (χ0) is 14.1. The predicted octanol–water partition coefficient (Wildman–Crippen LogP) is 2.13. The van der Waals surface area contributed by atoms with Crippen molar-refractivity contribution in [1.82, 2.24) is 10.6 Å². The van der Waals surface area contributed by atoms with Gasteiger partial charge >= 0.3 is 0 Å². The van der Waals surface area contributed by atoms with Crippen LogP contribution in [0.25, 0.3) is 0 Å². The Morgan fingerprint density at radius 1 is 1.42 bits per heavy atom. The summed E-state index contributed by atoms with van der Waals surface area (Å²) >= 11 is 0. The third-order valence-corrected chi connectivity index (χ3v) is 2.89. The second-order valence-corrected chi connectivity index (χ2v) is 4.51. The molecule has 4 heteroatoms. The van der Waals surface area contributed by atoms with Crippen LogP contribution < -0.4 is 10.6 Å². The molecule has 0 spiro atoms. The normalized spacial score (nSPS) is 11.6. The van der Waals surface area contributed by atoms with Crippen molar-refractivity contribution in [3.63, 3.8) is 0 Å². The molecule has 0 radical (unpaired) electrons. The van der Waals surface area contributed by atoms with Crippen molar-refractivity contribution in [1.29, 1.82) is 5.26 Å². The number of carbonyl (C=O) groups excluding carboxylic acids is 1. The lowest BCUT2D eigenvalue weighted by Crippen LogP contribution is -2.29. The molecule has 0 heterocycles. The summed E-state index contributed by atoms with van der Waals surface area (Å²) in [6.07, 6.45) is 1.43. The minimum atomic E-state index is 0.0762. The molecule has 2 N–H and O–H groups in total. The van der Waals surface area contributed by atoms with E-state index in [4.69, 9.17) is 5.26 Å². The van der Waals surface area contributed by atoms with Gasteiger partial charge in [0.25, 0.3) is 0 Å². The highest BCUT2D eigenvalue weighted by Crippen LogP contribution is 2.13. The molecule has 19 heavy (non-hydrogen) atoms. The molecule has 0 bridgehead atoms. The fourth-order valence-corrected chi connectivity index (χ4v) is 1.75. The fourth-order valence-electron chi connectivity index (χ4n) is 1.75. The molecule has 102 valence electrons. The average molecular weight is 259 g/mol. The van der Waals surface area contributed by atoms with Crippen LogP contribution in [-0.2, 0) is 4.79 Å². The number of hydrogen-bond donors (Lipinski definition) is 2. The van der Waals surface area contributed by atoms with Gasteiger partial charge in [-0.15, -0.1) is 0 Å². The SMILES string of the molecule is CCCNC(=O)CCNC(C)c1cccc(C#N)c1. The molecule has 4 nitrogen and oxygen atoms in total. The van der Waals surface area contributed by atoms with Crippen LogP contribution in [-0.4, -0.2) is 19.0 Å². The van der Waals surface area contributed by atoms with Crippen molar-refractivity contribution in [3.8, 4) is 6.07 Å². The van der Waals surface area contributed by atoms with Crippen LogP contribution in [0.4, 0.5) is 0 Å². The highest BCUT2D eigenvalue weighted by molar-refractivity contribution is 5.75. The van der Waals surface area contributed by atoms with E-state index in [0.717, 1.165) is 18.5 Å². The van der Waals surface area contributed by atoms with Crippen LogP contribution in [0.2, 0.25) is 0 Å². The van der Waals surface area contributed by atoms with E-state index >= 15 is 0 Å². The number of amides is 1. The molecule has 0 saturated heterocycles. The molecule has 0 aromatic heterocycles. The minimum Gasteiger partial charge on any atom is -0.356 e. The van der Waals surface area contributed by atoms with E-state index in [2.05, 4.69) is 16.7 Å². The lowest BCUT2D eigenvalue weighted by molar-refractivity contribution is -0.121. The Hall–Kier alpha value is -1.86. The summed E-state index contributed by atoms with van der Waals surface area (Å²) in [5.41, 5.74) is 1.72. The van der Waals surface area contributed by atoms with Gasteiger partial charge in [0.1, 0.15) is 0 Å². The van der Waals surface area contributed by atoms with E-state index in [9.17, 15) is 4.79 Å². The van der Waals surface area contributed by atoms with Gasteiger partial charge in [-0.25, -0.2) is 0 Å². The molecular formula is C15H21N3O. The molecule has 1 unspecified atom stereocenters. The first-order valence-electron chi connectivity index (χ1n) is 6.67. The summed E-state index contributed by atoms with van der Waals surface area (Å²) in [4.78, 5) is 11.4. The van der Waals surface area contributed by atoms with Crippen LogP contribution in [0, 0.1) is 11.3 Å². The Bertz CT molecular complexity index is 451. The van der Waals surface area contributed by atoms with Crippen LogP contribution in [0.5, 0.6) is 0 Å². The Labute approximate surface area is 114 Å². The largest absolute Gasteiger partial charge is 0.356 e. The average Bonchev–Trinajstić information content (AvgIpc) is 2.45. The maximum atomic E-state index is 11.4. The van der Waals surface area contributed by atoms with Crippen molar-refractivity contribution < 1.29 is 4.79 Å². The van der Waals surface area contributed by atoms with Crippen LogP contribution >= 0.6 is 0 Å². The number of hydrogen-bond acceptors (Lipinski definition) is 3. The van der Waals surface area contributed by atoms with Gasteiger partial charge in [-0.05, 0) is 31.0 Å². The third kappa shape index (κ3) is 5.54. The molecule has 0 aliphatic heterocycles. The van der Waals surface area contributed by atoms with Crippen LogP contribution in [0.3, 0.4) is 0 Å². The number of carbonyl (C=O) groups is 1. The first-order chi connectivity index (χ1) is 9.17. The number of nitrogens with one attached hydrogen (secondary N) is 2. The Morgan fingerprint density at radius 3 is 2.89 bits per heavy atom.